The molecule has 0 radical (unpaired) electrons. The fraction of sp³-hybridized carbons (Fsp3) is 0.900. The number of aliphatic hydroxyl groups is 1. The molecule has 1 heterocycles. The Labute approximate surface area is 89.5 Å². The average Bonchev–Trinajstić information content (AvgIpc) is 2.57. The van der Waals surface area contributed by atoms with Gasteiger partial charge >= 0.3 is 0 Å². The first-order valence-corrected chi connectivity index (χ1v) is 5.55. The highest BCUT2D eigenvalue weighted by Crippen LogP contribution is 2.35. The summed E-state index contributed by atoms with van der Waals surface area (Å²) in [6.45, 7) is 2.11. The maximum Gasteiger partial charge on any atom is 0.177 e. The van der Waals surface area contributed by atoms with E-state index in [-0.39, 0.29) is 0 Å². The van der Waals surface area contributed by atoms with E-state index in [0.717, 1.165) is 19.3 Å². The number of hydrogen-bond donors (Lipinski definition) is 1. The maximum absolute atomic E-state index is 10.5. The fourth-order valence-corrected chi connectivity index (χ4v) is 2.33. The highest BCUT2D eigenvalue weighted by atomic mass is 16.3. The summed E-state index contributed by atoms with van der Waals surface area (Å²) >= 11 is 0. The van der Waals surface area contributed by atoms with Gasteiger partial charge in [-0.05, 0) is 24.0 Å². The molecule has 0 saturated heterocycles. The van der Waals surface area contributed by atoms with Crippen LogP contribution in [-0.4, -0.2) is 30.9 Å². The molecule has 2 unspecified atom stereocenters. The van der Waals surface area contributed by atoms with Crippen LogP contribution < -0.4 is 0 Å². The normalized spacial score (nSPS) is 31.8. The van der Waals surface area contributed by atoms with Crippen LogP contribution in [0.15, 0.2) is 0 Å². The van der Waals surface area contributed by atoms with E-state index in [1.807, 2.05) is 0 Å². The zero-order valence-corrected chi connectivity index (χ0v) is 9.35. The van der Waals surface area contributed by atoms with E-state index in [0.29, 0.717) is 18.2 Å². The number of hydrogen-bond acceptors (Lipinski definition) is 4. The third-order valence-corrected chi connectivity index (χ3v) is 3.43. The Balaban J connectivity index is 2.08. The quantitative estimate of drug-likeness (QED) is 0.780. The lowest BCUT2D eigenvalue weighted by Crippen LogP contribution is -2.41. The summed E-state index contributed by atoms with van der Waals surface area (Å²) in [5.41, 5.74) is -0.624. The minimum atomic E-state index is -0.624. The smallest absolute Gasteiger partial charge is 0.177 e. The summed E-state index contributed by atoms with van der Waals surface area (Å²) in [7, 11) is 1.74. The van der Waals surface area contributed by atoms with E-state index in [4.69, 9.17) is 0 Å². The molecule has 1 aromatic heterocycles. The molecule has 5 nitrogen and oxygen atoms in total. The fourth-order valence-electron chi connectivity index (χ4n) is 2.33. The van der Waals surface area contributed by atoms with E-state index >= 15 is 0 Å². The largest absolute Gasteiger partial charge is 0.389 e. The maximum atomic E-state index is 10.5. The van der Waals surface area contributed by atoms with Crippen molar-refractivity contribution >= 4 is 0 Å². The number of aryl methyl sites for hydroxylation is 1. The predicted octanol–water partition coefficient (Wildman–Crippen LogP) is 0.694. The minimum Gasteiger partial charge on any atom is -0.389 e. The van der Waals surface area contributed by atoms with Crippen LogP contribution >= 0.6 is 0 Å². The molecular formula is C10H18N4O. The van der Waals surface area contributed by atoms with Crippen LogP contribution in [0.25, 0.3) is 0 Å². The van der Waals surface area contributed by atoms with Crippen LogP contribution in [0.4, 0.5) is 0 Å². The summed E-state index contributed by atoms with van der Waals surface area (Å²) in [5.74, 6) is 0.976. The highest BCUT2D eigenvalue weighted by molar-refractivity contribution is 4.96. The second-order valence-corrected chi connectivity index (χ2v) is 4.62. The van der Waals surface area contributed by atoms with Gasteiger partial charge in [0.25, 0.3) is 0 Å². The minimum absolute atomic E-state index is 0.329. The molecule has 0 spiro atoms. The number of aromatic nitrogens is 4. The van der Waals surface area contributed by atoms with Crippen molar-refractivity contribution in [2.24, 2.45) is 13.0 Å². The van der Waals surface area contributed by atoms with E-state index in [1.54, 1.807) is 7.05 Å². The van der Waals surface area contributed by atoms with Crippen molar-refractivity contribution in [1.82, 2.24) is 20.2 Å². The molecule has 0 bridgehead atoms. The number of tetrazole rings is 1. The lowest BCUT2D eigenvalue weighted by atomic mass is 9.74. The molecule has 0 amide bonds. The Morgan fingerprint density at radius 3 is 2.93 bits per heavy atom. The van der Waals surface area contributed by atoms with Crippen LogP contribution in [0.1, 0.15) is 38.4 Å². The van der Waals surface area contributed by atoms with Crippen molar-refractivity contribution in [2.45, 2.75) is 44.6 Å². The van der Waals surface area contributed by atoms with Gasteiger partial charge in [-0.15, -0.1) is 10.2 Å². The van der Waals surface area contributed by atoms with Crippen LogP contribution in [-0.2, 0) is 13.5 Å². The first kappa shape index (κ1) is 10.5. The third kappa shape index (κ3) is 2.17. The molecule has 2 rings (SSSR count). The van der Waals surface area contributed by atoms with Gasteiger partial charge in [-0.1, -0.05) is 19.8 Å². The van der Waals surface area contributed by atoms with Crippen LogP contribution in [0.3, 0.4) is 0 Å². The van der Waals surface area contributed by atoms with E-state index in [2.05, 4.69) is 22.3 Å². The van der Waals surface area contributed by atoms with Gasteiger partial charge in [0.1, 0.15) is 0 Å². The van der Waals surface area contributed by atoms with Crippen molar-refractivity contribution in [3.05, 3.63) is 5.82 Å². The van der Waals surface area contributed by atoms with Gasteiger partial charge in [-0.25, -0.2) is 0 Å². The lowest BCUT2D eigenvalue weighted by molar-refractivity contribution is -0.0420. The summed E-state index contributed by atoms with van der Waals surface area (Å²) < 4.78 is 0. The number of nitrogens with zero attached hydrogens (tertiary/aromatic N) is 4. The van der Waals surface area contributed by atoms with Crippen molar-refractivity contribution in [2.75, 3.05) is 0 Å². The van der Waals surface area contributed by atoms with Crippen LogP contribution in [0, 0.1) is 5.92 Å². The van der Waals surface area contributed by atoms with E-state index in [1.165, 1.54) is 11.2 Å². The zero-order valence-electron chi connectivity index (χ0n) is 9.35. The van der Waals surface area contributed by atoms with Crippen LogP contribution in [0.2, 0.25) is 0 Å². The first-order chi connectivity index (χ1) is 7.10. The van der Waals surface area contributed by atoms with Gasteiger partial charge < -0.3 is 5.11 Å². The van der Waals surface area contributed by atoms with Gasteiger partial charge in [-0.2, -0.15) is 4.80 Å². The molecule has 1 aromatic rings. The Bertz CT molecular complexity index is 338. The van der Waals surface area contributed by atoms with Gasteiger partial charge in [0.05, 0.1) is 12.6 Å². The lowest BCUT2D eigenvalue weighted by Gasteiger charge is -2.37. The molecule has 1 aliphatic carbocycles. The third-order valence-electron chi connectivity index (χ3n) is 3.43. The molecule has 1 N–H and O–H groups in total. The van der Waals surface area contributed by atoms with Crippen molar-refractivity contribution in [1.29, 1.82) is 0 Å². The standard InChI is InChI=1S/C10H18N4O/c1-8-5-3-4-6-10(8,15)7-9-11-13-14(2)12-9/h8,15H,3-7H2,1-2H3. The van der Waals surface area contributed by atoms with E-state index < -0.39 is 5.60 Å². The van der Waals surface area contributed by atoms with Crippen molar-refractivity contribution in [3.63, 3.8) is 0 Å². The Morgan fingerprint density at radius 1 is 1.53 bits per heavy atom. The summed E-state index contributed by atoms with van der Waals surface area (Å²) in [5, 5.41) is 22.3. The van der Waals surface area contributed by atoms with E-state index in [9.17, 15) is 5.11 Å². The van der Waals surface area contributed by atoms with Gasteiger partial charge in [-0.3, -0.25) is 0 Å². The second kappa shape index (κ2) is 3.89. The summed E-state index contributed by atoms with van der Waals surface area (Å²) in [4.78, 5) is 1.44. The number of rotatable bonds is 2. The molecule has 2 atom stereocenters. The molecule has 5 heteroatoms. The average molecular weight is 210 g/mol. The highest BCUT2D eigenvalue weighted by Gasteiger charge is 2.37. The monoisotopic (exact) mass is 210 g/mol. The molecule has 0 aromatic carbocycles. The van der Waals surface area contributed by atoms with Crippen molar-refractivity contribution in [3.8, 4) is 0 Å². The summed E-state index contributed by atoms with van der Waals surface area (Å²) in [6, 6.07) is 0. The first-order valence-electron chi connectivity index (χ1n) is 5.55. The van der Waals surface area contributed by atoms with Gasteiger partial charge in [0, 0.05) is 6.42 Å². The second-order valence-electron chi connectivity index (χ2n) is 4.62. The Kier molecular flexibility index (Phi) is 2.73. The molecular weight excluding hydrogens is 192 g/mol. The molecule has 84 valence electrons. The SMILES string of the molecule is CC1CCCCC1(O)Cc1nnn(C)n1. The van der Waals surface area contributed by atoms with Gasteiger partial charge in [0.15, 0.2) is 5.82 Å². The Hall–Kier alpha value is -0.970. The van der Waals surface area contributed by atoms with Gasteiger partial charge in [0.2, 0.25) is 0 Å². The van der Waals surface area contributed by atoms with Crippen LogP contribution in [0.5, 0.6) is 0 Å². The zero-order chi connectivity index (χ0) is 10.9. The molecule has 1 fully saturated rings. The Morgan fingerprint density at radius 2 is 2.33 bits per heavy atom. The predicted molar refractivity (Wildman–Crippen MR) is 55.1 cm³/mol. The molecule has 1 saturated carbocycles. The van der Waals surface area contributed by atoms with Crippen molar-refractivity contribution < 1.29 is 5.11 Å². The molecule has 1 aliphatic rings. The summed E-state index contributed by atoms with van der Waals surface area (Å²) in [6.07, 6.45) is 4.80. The molecule has 0 aliphatic heterocycles. The topological polar surface area (TPSA) is 63.8 Å². The molecule has 15 heavy (non-hydrogen) atoms.